The van der Waals surface area contributed by atoms with Gasteiger partial charge in [0, 0.05) is 0 Å². The normalized spacial score (nSPS) is 11.9. The van der Waals surface area contributed by atoms with Crippen LogP contribution in [0.4, 0.5) is 0 Å². The second-order valence-corrected chi connectivity index (χ2v) is 12.6. The first kappa shape index (κ1) is 25.4. The van der Waals surface area contributed by atoms with E-state index >= 15 is 0 Å². The highest BCUT2D eigenvalue weighted by Crippen LogP contribution is 2.36. The summed E-state index contributed by atoms with van der Waals surface area (Å²) < 4.78 is 0. The van der Waals surface area contributed by atoms with Crippen molar-refractivity contribution in [3.05, 3.63) is 170 Å². The van der Waals surface area contributed by atoms with Gasteiger partial charge in [0.25, 0.3) is 0 Å². The second kappa shape index (κ2) is 9.76. The molecule has 0 bridgehead atoms. The number of benzene rings is 10. The van der Waals surface area contributed by atoms with E-state index in [-0.39, 0.29) is 0 Å². The molecule has 0 saturated carbocycles. The topological polar surface area (TPSA) is 0 Å². The van der Waals surface area contributed by atoms with Gasteiger partial charge in [-0.2, -0.15) is 0 Å². The van der Waals surface area contributed by atoms with E-state index in [4.69, 9.17) is 0 Å². The standard InChI is InChI=1S/C46H28/c1-3-7-32-27-45-40(21-30(32)5-1)15-13-38-23-36(17-19-43(38)45)34-11-9-29-10-12-35(26-42(29)25-34)37-18-20-44-39(24-37)14-16-41-22-31-6-2-4-8-33(31)28-46(41)44/h1-28H. The van der Waals surface area contributed by atoms with Crippen LogP contribution in [0.5, 0.6) is 0 Å². The van der Waals surface area contributed by atoms with Crippen LogP contribution in [0.2, 0.25) is 0 Å². The Hall–Kier alpha value is -5.98. The lowest BCUT2D eigenvalue weighted by molar-refractivity contribution is 1.66. The summed E-state index contributed by atoms with van der Waals surface area (Å²) in [6.45, 7) is 0. The first-order valence-electron chi connectivity index (χ1n) is 16.0. The summed E-state index contributed by atoms with van der Waals surface area (Å²) >= 11 is 0. The fraction of sp³-hybridized carbons (Fsp3) is 0. The van der Waals surface area contributed by atoms with Crippen molar-refractivity contribution in [2.75, 3.05) is 0 Å². The van der Waals surface area contributed by atoms with Crippen molar-refractivity contribution in [2.45, 2.75) is 0 Å². The lowest BCUT2D eigenvalue weighted by Gasteiger charge is -2.11. The Bertz CT molecular complexity index is 2660. The van der Waals surface area contributed by atoms with E-state index in [1.807, 2.05) is 0 Å². The zero-order chi connectivity index (χ0) is 30.2. The molecule has 0 aromatic heterocycles. The third-order valence-corrected chi connectivity index (χ3v) is 9.91. The van der Waals surface area contributed by atoms with Crippen molar-refractivity contribution >= 4 is 75.4 Å². The molecule has 0 aliphatic heterocycles. The summed E-state index contributed by atoms with van der Waals surface area (Å²) in [4.78, 5) is 0. The van der Waals surface area contributed by atoms with E-state index in [0.29, 0.717) is 0 Å². The summed E-state index contributed by atoms with van der Waals surface area (Å²) in [5.74, 6) is 0. The maximum absolute atomic E-state index is 2.34. The van der Waals surface area contributed by atoms with Crippen LogP contribution < -0.4 is 0 Å². The van der Waals surface area contributed by atoms with Gasteiger partial charge in [0.2, 0.25) is 0 Å². The van der Waals surface area contributed by atoms with E-state index in [1.54, 1.807) is 0 Å². The highest BCUT2D eigenvalue weighted by atomic mass is 14.1. The second-order valence-electron chi connectivity index (χ2n) is 12.6. The molecular weight excluding hydrogens is 553 g/mol. The Kier molecular flexibility index (Phi) is 5.38. The maximum atomic E-state index is 2.34. The van der Waals surface area contributed by atoms with Crippen LogP contribution in [0.15, 0.2) is 170 Å². The van der Waals surface area contributed by atoms with Gasteiger partial charge in [-0.15, -0.1) is 0 Å². The molecule has 212 valence electrons. The van der Waals surface area contributed by atoms with Crippen molar-refractivity contribution in [2.24, 2.45) is 0 Å². The number of hydrogen-bond donors (Lipinski definition) is 0. The van der Waals surface area contributed by atoms with Crippen molar-refractivity contribution in [1.29, 1.82) is 0 Å². The SMILES string of the molecule is c1ccc2cc3c(ccc4cc(-c5ccc6ccc(-c7ccc8c(ccc9cc%10ccccc%10cc98)c7)cc6c5)ccc43)cc2c1. The Morgan fingerprint density at radius 3 is 0.935 bits per heavy atom. The first-order chi connectivity index (χ1) is 22.7. The van der Waals surface area contributed by atoms with E-state index < -0.39 is 0 Å². The van der Waals surface area contributed by atoms with Crippen LogP contribution in [0.25, 0.3) is 97.7 Å². The van der Waals surface area contributed by atoms with E-state index in [0.717, 1.165) is 0 Å². The lowest BCUT2D eigenvalue weighted by atomic mass is 9.93. The predicted molar refractivity (Wildman–Crippen MR) is 200 cm³/mol. The number of hydrogen-bond acceptors (Lipinski definition) is 0. The van der Waals surface area contributed by atoms with Gasteiger partial charge in [0.15, 0.2) is 0 Å². The van der Waals surface area contributed by atoms with Crippen molar-refractivity contribution in [3.63, 3.8) is 0 Å². The highest BCUT2D eigenvalue weighted by molar-refractivity contribution is 6.14. The smallest absolute Gasteiger partial charge is 0.00990 e. The predicted octanol–water partition coefficient (Wildman–Crippen LogP) is 13.1. The Labute approximate surface area is 266 Å². The largest absolute Gasteiger partial charge is 0.0616 e. The van der Waals surface area contributed by atoms with Crippen molar-refractivity contribution < 1.29 is 0 Å². The molecule has 46 heavy (non-hydrogen) atoms. The maximum Gasteiger partial charge on any atom is -0.00990 e. The van der Waals surface area contributed by atoms with Gasteiger partial charge in [-0.3, -0.25) is 0 Å². The molecule has 0 atom stereocenters. The van der Waals surface area contributed by atoms with Gasteiger partial charge >= 0.3 is 0 Å². The average Bonchev–Trinajstić information content (AvgIpc) is 3.12. The quantitative estimate of drug-likeness (QED) is 0.141. The fourth-order valence-corrected chi connectivity index (χ4v) is 7.47. The summed E-state index contributed by atoms with van der Waals surface area (Å²) in [6.07, 6.45) is 0. The summed E-state index contributed by atoms with van der Waals surface area (Å²) in [7, 11) is 0. The molecule has 0 heterocycles. The van der Waals surface area contributed by atoms with Crippen LogP contribution in [0, 0.1) is 0 Å². The number of rotatable bonds is 2. The third-order valence-electron chi connectivity index (χ3n) is 9.91. The third kappa shape index (κ3) is 4.01. The van der Waals surface area contributed by atoms with E-state index in [1.165, 1.54) is 97.7 Å². The van der Waals surface area contributed by atoms with Gasteiger partial charge in [-0.05, 0) is 146 Å². The lowest BCUT2D eigenvalue weighted by Crippen LogP contribution is -1.85. The number of fused-ring (bicyclic) bond motifs is 9. The van der Waals surface area contributed by atoms with E-state index in [2.05, 4.69) is 170 Å². The van der Waals surface area contributed by atoms with Gasteiger partial charge in [-0.25, -0.2) is 0 Å². The molecule has 0 nitrogen and oxygen atoms in total. The van der Waals surface area contributed by atoms with Gasteiger partial charge in [-0.1, -0.05) is 121 Å². The van der Waals surface area contributed by atoms with Crippen molar-refractivity contribution in [1.82, 2.24) is 0 Å². The molecule has 0 amide bonds. The minimum Gasteiger partial charge on any atom is -0.0616 e. The molecule has 0 aliphatic rings. The van der Waals surface area contributed by atoms with Crippen LogP contribution in [0.1, 0.15) is 0 Å². The van der Waals surface area contributed by atoms with Gasteiger partial charge in [0.1, 0.15) is 0 Å². The Balaban J connectivity index is 1.05. The molecule has 0 N–H and O–H groups in total. The summed E-state index contributed by atoms with van der Waals surface area (Å²) in [5, 5.41) is 18.0. The average molecular weight is 581 g/mol. The van der Waals surface area contributed by atoms with E-state index in [9.17, 15) is 0 Å². The molecule has 0 heteroatoms. The fourth-order valence-electron chi connectivity index (χ4n) is 7.47. The molecule has 0 aliphatic carbocycles. The minimum atomic E-state index is 1.24. The Morgan fingerprint density at radius 2 is 0.500 bits per heavy atom. The summed E-state index contributed by atoms with van der Waals surface area (Å²) in [5.41, 5.74) is 4.96. The van der Waals surface area contributed by atoms with Crippen LogP contribution >= 0.6 is 0 Å². The molecule has 0 unspecified atom stereocenters. The molecule has 0 saturated heterocycles. The monoisotopic (exact) mass is 580 g/mol. The highest BCUT2D eigenvalue weighted by Gasteiger charge is 2.09. The van der Waals surface area contributed by atoms with Crippen LogP contribution in [-0.4, -0.2) is 0 Å². The molecule has 10 rings (SSSR count). The first-order valence-corrected chi connectivity index (χ1v) is 16.0. The Morgan fingerprint density at radius 1 is 0.174 bits per heavy atom. The zero-order valence-corrected chi connectivity index (χ0v) is 25.2. The zero-order valence-electron chi connectivity index (χ0n) is 25.2. The minimum absolute atomic E-state index is 1.24. The molecule has 0 radical (unpaired) electrons. The molecule has 10 aromatic carbocycles. The molecular formula is C46H28. The molecule has 10 aromatic rings. The molecule has 0 spiro atoms. The summed E-state index contributed by atoms with van der Waals surface area (Å²) in [6, 6.07) is 63.1. The van der Waals surface area contributed by atoms with Crippen LogP contribution in [-0.2, 0) is 0 Å². The van der Waals surface area contributed by atoms with Crippen molar-refractivity contribution in [3.8, 4) is 22.3 Å². The van der Waals surface area contributed by atoms with Crippen LogP contribution in [0.3, 0.4) is 0 Å². The molecule has 0 fully saturated rings. The van der Waals surface area contributed by atoms with Gasteiger partial charge in [0.05, 0.1) is 0 Å². The van der Waals surface area contributed by atoms with Gasteiger partial charge < -0.3 is 0 Å².